The first-order valence-corrected chi connectivity index (χ1v) is 10.7. The van der Waals surface area contributed by atoms with Gasteiger partial charge in [0.2, 0.25) is 5.91 Å². The first kappa shape index (κ1) is 18.7. The van der Waals surface area contributed by atoms with E-state index < -0.39 is 0 Å². The molecule has 0 saturated carbocycles. The van der Waals surface area contributed by atoms with Crippen LogP contribution in [-0.4, -0.2) is 26.4 Å². The van der Waals surface area contributed by atoms with E-state index in [1.165, 1.54) is 24.8 Å². The molecule has 2 heterocycles. The van der Waals surface area contributed by atoms with E-state index in [1.807, 2.05) is 36.4 Å². The van der Waals surface area contributed by atoms with Crippen LogP contribution >= 0.6 is 11.8 Å². The van der Waals surface area contributed by atoms with E-state index in [1.54, 1.807) is 11.8 Å². The van der Waals surface area contributed by atoms with Gasteiger partial charge < -0.3 is 9.88 Å². The van der Waals surface area contributed by atoms with Gasteiger partial charge in [0, 0.05) is 29.1 Å². The van der Waals surface area contributed by atoms with E-state index in [0.29, 0.717) is 5.75 Å². The average Bonchev–Trinajstić information content (AvgIpc) is 2.96. The lowest BCUT2D eigenvalue weighted by molar-refractivity contribution is -0.113. The number of nitrogens with one attached hydrogen (secondary N) is 1. The molecule has 1 aliphatic rings. The second-order valence-corrected chi connectivity index (χ2v) is 8.18. The Bertz CT molecular complexity index is 948. The Kier molecular flexibility index (Phi) is 5.76. The summed E-state index contributed by atoms with van der Waals surface area (Å²) < 4.78 is 2.23. The van der Waals surface area contributed by atoms with Crippen LogP contribution in [0.2, 0.25) is 0 Å². The van der Waals surface area contributed by atoms with E-state index in [2.05, 4.69) is 39.1 Å². The fourth-order valence-corrected chi connectivity index (χ4v) is 4.08. The lowest BCUT2D eigenvalue weighted by Gasteiger charge is -2.09. The molecule has 0 unspecified atom stereocenters. The number of carbonyl (C=O) groups is 1. The third-order valence-corrected chi connectivity index (χ3v) is 5.94. The van der Waals surface area contributed by atoms with Crippen LogP contribution in [0.5, 0.6) is 0 Å². The first-order chi connectivity index (χ1) is 13.7. The fourth-order valence-electron chi connectivity index (χ4n) is 3.38. The molecule has 3 aromatic rings. The summed E-state index contributed by atoms with van der Waals surface area (Å²) in [4.78, 5) is 13.3. The van der Waals surface area contributed by atoms with Crippen molar-refractivity contribution in [1.29, 1.82) is 0 Å². The predicted molar refractivity (Wildman–Crippen MR) is 114 cm³/mol. The van der Waals surface area contributed by atoms with Gasteiger partial charge in [-0.15, -0.1) is 22.0 Å². The lowest BCUT2D eigenvalue weighted by atomic mass is 10.2. The number of anilines is 1. The number of nitrogens with zero attached hydrogens (tertiary/aromatic N) is 3. The third-order valence-electron chi connectivity index (χ3n) is 4.93. The monoisotopic (exact) mass is 392 g/mol. The quantitative estimate of drug-likeness (QED) is 0.639. The van der Waals surface area contributed by atoms with Gasteiger partial charge in [-0.05, 0) is 56.2 Å². The molecule has 0 fully saturated rings. The molecule has 0 spiro atoms. The number of thioether (sulfide) groups is 1. The molecule has 6 heteroatoms. The van der Waals surface area contributed by atoms with Gasteiger partial charge in [0.05, 0.1) is 5.75 Å². The number of rotatable bonds is 5. The molecule has 1 N–H and O–H groups in total. The minimum absolute atomic E-state index is 0.00494. The summed E-state index contributed by atoms with van der Waals surface area (Å²) in [5.41, 5.74) is 3.06. The van der Waals surface area contributed by atoms with Crippen LogP contribution in [0.3, 0.4) is 0 Å². The average molecular weight is 393 g/mol. The number of benzene rings is 2. The van der Waals surface area contributed by atoms with Crippen molar-refractivity contribution in [3.05, 3.63) is 59.9 Å². The SMILES string of the molecule is Cc1ccc(SCC(=O)Nc2ccc(-c3nnc4n3CCCCC4)cc2)cc1. The lowest BCUT2D eigenvalue weighted by Crippen LogP contribution is -2.13. The number of aromatic nitrogens is 3. The van der Waals surface area contributed by atoms with Crippen molar-refractivity contribution in [2.45, 2.75) is 44.0 Å². The number of amides is 1. The topological polar surface area (TPSA) is 59.8 Å². The van der Waals surface area contributed by atoms with Gasteiger partial charge >= 0.3 is 0 Å². The highest BCUT2D eigenvalue weighted by Crippen LogP contribution is 2.24. The molecule has 1 amide bonds. The number of carbonyl (C=O) groups excluding carboxylic acids is 1. The predicted octanol–water partition coefficient (Wildman–Crippen LogP) is 4.71. The minimum Gasteiger partial charge on any atom is -0.325 e. The van der Waals surface area contributed by atoms with E-state index in [9.17, 15) is 4.79 Å². The maximum absolute atomic E-state index is 12.2. The summed E-state index contributed by atoms with van der Waals surface area (Å²) in [5.74, 6) is 2.39. The summed E-state index contributed by atoms with van der Waals surface area (Å²) in [6.07, 6.45) is 4.60. The molecular formula is C22H24N4OS. The highest BCUT2D eigenvalue weighted by molar-refractivity contribution is 8.00. The minimum atomic E-state index is -0.00494. The Morgan fingerprint density at radius 3 is 2.61 bits per heavy atom. The van der Waals surface area contributed by atoms with Crippen LogP contribution < -0.4 is 5.32 Å². The van der Waals surface area contributed by atoms with Crippen molar-refractivity contribution >= 4 is 23.4 Å². The molecule has 0 atom stereocenters. The van der Waals surface area contributed by atoms with Gasteiger partial charge in [0.15, 0.2) is 5.82 Å². The van der Waals surface area contributed by atoms with Gasteiger partial charge in [-0.3, -0.25) is 4.79 Å². The normalized spacial score (nSPS) is 13.6. The summed E-state index contributed by atoms with van der Waals surface area (Å²) in [5, 5.41) is 11.7. The maximum Gasteiger partial charge on any atom is 0.234 e. The summed E-state index contributed by atoms with van der Waals surface area (Å²) in [7, 11) is 0. The number of aryl methyl sites for hydroxylation is 2. The van der Waals surface area contributed by atoms with Gasteiger partial charge in [-0.2, -0.15) is 0 Å². The summed E-state index contributed by atoms with van der Waals surface area (Å²) >= 11 is 1.54. The van der Waals surface area contributed by atoms with Gasteiger partial charge in [0.25, 0.3) is 0 Å². The van der Waals surface area contributed by atoms with Gasteiger partial charge in [-0.25, -0.2) is 0 Å². The summed E-state index contributed by atoms with van der Waals surface area (Å²) in [6.45, 7) is 3.04. The molecule has 5 nitrogen and oxygen atoms in total. The Morgan fingerprint density at radius 1 is 1.04 bits per heavy atom. The number of fused-ring (bicyclic) bond motifs is 1. The molecule has 144 valence electrons. The first-order valence-electron chi connectivity index (χ1n) is 9.71. The fraction of sp³-hybridized carbons (Fsp3) is 0.318. The molecule has 2 aromatic carbocycles. The van der Waals surface area contributed by atoms with Crippen LogP contribution in [0.1, 0.15) is 30.7 Å². The number of hydrogen-bond donors (Lipinski definition) is 1. The van der Waals surface area contributed by atoms with Crippen LogP contribution in [0.25, 0.3) is 11.4 Å². The molecule has 0 aliphatic carbocycles. The maximum atomic E-state index is 12.2. The van der Waals surface area contributed by atoms with Crippen molar-refractivity contribution in [3.63, 3.8) is 0 Å². The molecule has 28 heavy (non-hydrogen) atoms. The zero-order valence-electron chi connectivity index (χ0n) is 16.0. The van der Waals surface area contributed by atoms with E-state index >= 15 is 0 Å². The molecule has 1 aromatic heterocycles. The van der Waals surface area contributed by atoms with Crippen molar-refractivity contribution in [2.24, 2.45) is 0 Å². The zero-order chi connectivity index (χ0) is 19.3. The smallest absolute Gasteiger partial charge is 0.234 e. The molecule has 0 bridgehead atoms. The van der Waals surface area contributed by atoms with Crippen LogP contribution in [0, 0.1) is 6.92 Å². The third kappa shape index (κ3) is 4.44. The van der Waals surface area contributed by atoms with Gasteiger partial charge in [-0.1, -0.05) is 24.1 Å². The van der Waals surface area contributed by atoms with E-state index in [4.69, 9.17) is 0 Å². The van der Waals surface area contributed by atoms with E-state index in [0.717, 1.165) is 40.8 Å². The van der Waals surface area contributed by atoms with Crippen molar-refractivity contribution < 1.29 is 4.79 Å². The zero-order valence-corrected chi connectivity index (χ0v) is 16.8. The standard InChI is InChI=1S/C22H24N4OS/c1-16-6-12-19(13-7-16)28-15-21(27)23-18-10-8-17(9-11-18)22-25-24-20-5-3-2-4-14-26(20)22/h6-13H,2-5,14-15H2,1H3,(H,23,27). The highest BCUT2D eigenvalue weighted by Gasteiger charge is 2.16. The molecule has 0 radical (unpaired) electrons. The van der Waals surface area contributed by atoms with Crippen LogP contribution in [0.15, 0.2) is 53.4 Å². The Labute approximate surface area is 169 Å². The van der Waals surface area contributed by atoms with Crippen molar-refractivity contribution in [1.82, 2.24) is 14.8 Å². The summed E-state index contributed by atoms with van der Waals surface area (Å²) in [6, 6.07) is 16.1. The molecular weight excluding hydrogens is 368 g/mol. The van der Waals surface area contributed by atoms with Gasteiger partial charge in [0.1, 0.15) is 5.82 Å². The second-order valence-electron chi connectivity index (χ2n) is 7.13. The largest absolute Gasteiger partial charge is 0.325 e. The second kappa shape index (κ2) is 8.61. The number of hydrogen-bond acceptors (Lipinski definition) is 4. The Balaban J connectivity index is 1.37. The molecule has 4 rings (SSSR count). The Morgan fingerprint density at radius 2 is 1.82 bits per heavy atom. The molecule has 1 aliphatic heterocycles. The van der Waals surface area contributed by atoms with Crippen molar-refractivity contribution in [2.75, 3.05) is 11.1 Å². The molecule has 0 saturated heterocycles. The van der Waals surface area contributed by atoms with Crippen LogP contribution in [-0.2, 0) is 17.8 Å². The van der Waals surface area contributed by atoms with E-state index in [-0.39, 0.29) is 5.91 Å². The Hall–Kier alpha value is -2.60. The van der Waals surface area contributed by atoms with Crippen LogP contribution in [0.4, 0.5) is 5.69 Å². The van der Waals surface area contributed by atoms with Crippen molar-refractivity contribution in [3.8, 4) is 11.4 Å². The highest BCUT2D eigenvalue weighted by atomic mass is 32.2.